The van der Waals surface area contributed by atoms with Crippen LogP contribution in [-0.4, -0.2) is 88.9 Å². The first-order valence-electron chi connectivity index (χ1n) is 10.2. The molecule has 0 bridgehead atoms. The monoisotopic (exact) mass is 407 g/mol. The lowest BCUT2D eigenvalue weighted by Gasteiger charge is -2.37. The van der Waals surface area contributed by atoms with Gasteiger partial charge in [0.2, 0.25) is 5.91 Å². The number of morpholine rings is 1. The highest BCUT2D eigenvalue weighted by atomic mass is 16.7. The van der Waals surface area contributed by atoms with Gasteiger partial charge in [0.15, 0.2) is 5.79 Å². The van der Waals surface area contributed by atoms with Crippen LogP contribution in [0.3, 0.4) is 0 Å². The molecule has 1 N–H and O–H groups in total. The fourth-order valence-electron chi connectivity index (χ4n) is 4.17. The number of piperidine rings is 1. The molecule has 4 rings (SSSR count). The van der Waals surface area contributed by atoms with Crippen LogP contribution in [0.15, 0.2) is 12.4 Å². The van der Waals surface area contributed by atoms with Gasteiger partial charge in [-0.1, -0.05) is 0 Å². The maximum absolute atomic E-state index is 12.6. The molecular weight excluding hydrogens is 378 g/mol. The number of rotatable bonds is 3. The highest BCUT2D eigenvalue weighted by Crippen LogP contribution is 2.31. The van der Waals surface area contributed by atoms with Gasteiger partial charge in [-0.3, -0.25) is 9.48 Å². The summed E-state index contributed by atoms with van der Waals surface area (Å²) in [5, 5.41) is 7.06. The quantitative estimate of drug-likeness (QED) is 0.799. The molecule has 1 spiro atoms. The van der Waals surface area contributed by atoms with Crippen LogP contribution in [0.1, 0.15) is 26.7 Å². The number of nitrogens with one attached hydrogen (secondary N) is 1. The van der Waals surface area contributed by atoms with Gasteiger partial charge in [-0.05, 0) is 13.8 Å². The predicted octanol–water partition coefficient (Wildman–Crippen LogP) is 0.890. The smallest absolute Gasteiger partial charge is 0.321 e. The maximum Gasteiger partial charge on any atom is 0.321 e. The third-order valence-electron chi connectivity index (χ3n) is 5.58. The van der Waals surface area contributed by atoms with Gasteiger partial charge in [-0.15, -0.1) is 0 Å². The molecule has 160 valence electrons. The number of aromatic nitrogens is 2. The number of carbonyl (C=O) groups is 2. The Hall–Kier alpha value is -2.17. The van der Waals surface area contributed by atoms with Crippen molar-refractivity contribution in [3.63, 3.8) is 0 Å². The number of nitrogens with zero attached hydrogens (tertiary/aromatic N) is 4. The topological polar surface area (TPSA) is 98.2 Å². The van der Waals surface area contributed by atoms with Gasteiger partial charge < -0.3 is 29.3 Å². The van der Waals surface area contributed by atoms with Gasteiger partial charge in [-0.2, -0.15) is 5.10 Å². The Bertz CT molecular complexity index is 727. The van der Waals surface area contributed by atoms with Crippen molar-refractivity contribution in [2.75, 3.05) is 44.7 Å². The summed E-state index contributed by atoms with van der Waals surface area (Å²) in [4.78, 5) is 28.6. The van der Waals surface area contributed by atoms with E-state index >= 15 is 0 Å². The largest absolute Gasteiger partial charge is 0.372 e. The molecule has 0 aromatic carbocycles. The van der Waals surface area contributed by atoms with Crippen molar-refractivity contribution in [3.8, 4) is 0 Å². The molecule has 2 atom stereocenters. The number of amides is 3. The minimum Gasteiger partial charge on any atom is -0.372 e. The molecule has 3 amide bonds. The van der Waals surface area contributed by atoms with Gasteiger partial charge in [-0.25, -0.2) is 4.79 Å². The number of anilines is 1. The first-order chi connectivity index (χ1) is 13.9. The zero-order valence-corrected chi connectivity index (χ0v) is 17.0. The van der Waals surface area contributed by atoms with E-state index < -0.39 is 5.79 Å². The van der Waals surface area contributed by atoms with Crippen molar-refractivity contribution in [3.05, 3.63) is 12.4 Å². The Balaban J connectivity index is 1.27. The summed E-state index contributed by atoms with van der Waals surface area (Å²) in [6.07, 6.45) is 4.63. The zero-order valence-electron chi connectivity index (χ0n) is 17.0. The molecule has 3 aliphatic rings. The normalized spacial score (nSPS) is 26.7. The number of hydrogen-bond donors (Lipinski definition) is 1. The van der Waals surface area contributed by atoms with Crippen molar-refractivity contribution in [1.82, 2.24) is 19.6 Å². The van der Waals surface area contributed by atoms with Crippen LogP contribution < -0.4 is 5.32 Å². The van der Waals surface area contributed by atoms with E-state index in [0.717, 1.165) is 0 Å². The maximum atomic E-state index is 12.6. The van der Waals surface area contributed by atoms with E-state index in [2.05, 4.69) is 10.4 Å². The van der Waals surface area contributed by atoms with Crippen LogP contribution >= 0.6 is 0 Å². The number of carbonyl (C=O) groups excluding carboxylic acids is 2. The third kappa shape index (κ3) is 4.71. The number of likely N-dealkylation sites (tertiary alicyclic amines) is 1. The zero-order chi connectivity index (χ0) is 20.4. The van der Waals surface area contributed by atoms with E-state index in [1.54, 1.807) is 26.9 Å². The Labute approximate surface area is 170 Å². The molecule has 0 saturated carbocycles. The molecule has 10 heteroatoms. The van der Waals surface area contributed by atoms with Crippen molar-refractivity contribution in [2.45, 2.75) is 51.2 Å². The predicted molar refractivity (Wildman–Crippen MR) is 103 cm³/mol. The Morgan fingerprint density at radius 1 is 1.14 bits per heavy atom. The molecule has 1 aromatic rings. The van der Waals surface area contributed by atoms with E-state index in [4.69, 9.17) is 14.2 Å². The van der Waals surface area contributed by atoms with Gasteiger partial charge in [0.1, 0.15) is 6.54 Å². The number of urea groups is 1. The molecule has 3 aliphatic heterocycles. The summed E-state index contributed by atoms with van der Waals surface area (Å²) in [6, 6.07) is -0.181. The standard InChI is InChI=1S/C19H29N5O5/c1-14-10-23(11-15(2)29-14)17(25)13-24-12-16(9-20-24)21-18(26)22-5-3-19(4-6-22)27-7-8-28-19/h9,12,14-15H,3-8,10-11,13H2,1-2H3,(H,21,26)/t14-,15-/m0/s1. The van der Waals surface area contributed by atoms with E-state index in [-0.39, 0.29) is 30.7 Å². The van der Waals surface area contributed by atoms with Crippen molar-refractivity contribution in [1.29, 1.82) is 0 Å². The summed E-state index contributed by atoms with van der Waals surface area (Å²) >= 11 is 0. The second kappa shape index (κ2) is 8.29. The molecule has 4 heterocycles. The van der Waals surface area contributed by atoms with Gasteiger partial charge in [0.05, 0.1) is 37.3 Å². The molecule has 0 radical (unpaired) electrons. The molecule has 3 saturated heterocycles. The summed E-state index contributed by atoms with van der Waals surface area (Å²) < 4.78 is 18.6. The van der Waals surface area contributed by atoms with Crippen molar-refractivity contribution < 1.29 is 23.8 Å². The Kier molecular flexibility index (Phi) is 5.75. The van der Waals surface area contributed by atoms with Gasteiger partial charge >= 0.3 is 6.03 Å². The van der Waals surface area contributed by atoms with Crippen LogP contribution in [0, 0.1) is 0 Å². The van der Waals surface area contributed by atoms with Crippen LogP contribution in [0.2, 0.25) is 0 Å². The highest BCUT2D eigenvalue weighted by Gasteiger charge is 2.40. The average molecular weight is 407 g/mol. The van der Waals surface area contributed by atoms with Gasteiger partial charge in [0, 0.05) is 45.2 Å². The lowest BCUT2D eigenvalue weighted by molar-refractivity contribution is -0.181. The molecular formula is C19H29N5O5. The molecule has 3 fully saturated rings. The fraction of sp³-hybridized carbons (Fsp3) is 0.737. The Morgan fingerprint density at radius 3 is 2.45 bits per heavy atom. The first kappa shape index (κ1) is 20.1. The van der Waals surface area contributed by atoms with E-state index in [9.17, 15) is 9.59 Å². The third-order valence-corrected chi connectivity index (χ3v) is 5.58. The summed E-state index contributed by atoms with van der Waals surface area (Å²) in [7, 11) is 0. The molecule has 10 nitrogen and oxygen atoms in total. The highest BCUT2D eigenvalue weighted by molar-refractivity contribution is 5.89. The van der Waals surface area contributed by atoms with Crippen LogP contribution in [0.25, 0.3) is 0 Å². The fourth-order valence-corrected chi connectivity index (χ4v) is 4.17. The lowest BCUT2D eigenvalue weighted by atomic mass is 10.0. The first-order valence-corrected chi connectivity index (χ1v) is 10.2. The SMILES string of the molecule is C[C@H]1CN(C(=O)Cn2cc(NC(=O)N3CCC4(CC3)OCCO4)cn2)C[C@H](C)O1. The van der Waals surface area contributed by atoms with E-state index in [1.165, 1.54) is 0 Å². The van der Waals surface area contributed by atoms with Crippen molar-refractivity contribution in [2.24, 2.45) is 0 Å². The lowest BCUT2D eigenvalue weighted by Crippen LogP contribution is -2.49. The second-order valence-corrected chi connectivity index (χ2v) is 8.01. The average Bonchev–Trinajstić information content (AvgIpc) is 3.31. The number of ether oxygens (including phenoxy) is 3. The van der Waals surface area contributed by atoms with Gasteiger partial charge in [0.25, 0.3) is 0 Å². The van der Waals surface area contributed by atoms with E-state index in [0.29, 0.717) is 57.9 Å². The van der Waals surface area contributed by atoms with Crippen molar-refractivity contribution >= 4 is 17.6 Å². The summed E-state index contributed by atoms with van der Waals surface area (Å²) in [5.41, 5.74) is 0.570. The van der Waals surface area contributed by atoms with Crippen LogP contribution in [0.5, 0.6) is 0 Å². The molecule has 0 aliphatic carbocycles. The minimum absolute atomic E-state index is 0.00845. The molecule has 0 unspecified atom stereocenters. The van der Waals surface area contributed by atoms with Crippen LogP contribution in [-0.2, 0) is 25.5 Å². The van der Waals surface area contributed by atoms with Crippen LogP contribution in [0.4, 0.5) is 10.5 Å². The summed E-state index contributed by atoms with van der Waals surface area (Å²) in [6.45, 7) is 7.61. The minimum atomic E-state index is -0.503. The number of hydrogen-bond acceptors (Lipinski definition) is 6. The Morgan fingerprint density at radius 2 is 1.79 bits per heavy atom. The summed E-state index contributed by atoms with van der Waals surface area (Å²) in [5.74, 6) is -0.512. The molecule has 1 aromatic heterocycles. The molecule has 29 heavy (non-hydrogen) atoms. The van der Waals surface area contributed by atoms with E-state index in [1.807, 2.05) is 13.8 Å². The second-order valence-electron chi connectivity index (χ2n) is 8.01.